The maximum absolute atomic E-state index is 13.2. The molecular formula is C18H27F3N3O3S+. The van der Waals surface area contributed by atoms with Crippen LogP contribution in [0.2, 0.25) is 0 Å². The molecule has 0 aliphatic carbocycles. The molecule has 0 unspecified atom stereocenters. The Labute approximate surface area is 163 Å². The van der Waals surface area contributed by atoms with Gasteiger partial charge in [0.05, 0.1) is 31.1 Å². The molecule has 2 rings (SSSR count). The van der Waals surface area contributed by atoms with E-state index in [-0.39, 0.29) is 19.6 Å². The minimum absolute atomic E-state index is 0.106. The number of halogens is 3. The highest BCUT2D eigenvalue weighted by molar-refractivity contribution is 7.89. The molecule has 0 spiro atoms. The van der Waals surface area contributed by atoms with Gasteiger partial charge in [-0.2, -0.15) is 17.5 Å². The first kappa shape index (κ1) is 22.6. The molecule has 0 aromatic heterocycles. The average molecular weight is 422 g/mol. The monoisotopic (exact) mass is 422 g/mol. The van der Waals surface area contributed by atoms with Crippen LogP contribution in [0, 0.1) is 27.7 Å². The van der Waals surface area contributed by atoms with E-state index in [4.69, 9.17) is 0 Å². The third-order valence-corrected chi connectivity index (χ3v) is 7.39. The zero-order valence-corrected chi connectivity index (χ0v) is 17.4. The fourth-order valence-electron chi connectivity index (χ4n) is 3.40. The third kappa shape index (κ3) is 5.24. The first-order valence-electron chi connectivity index (χ1n) is 9.07. The fourth-order valence-corrected chi connectivity index (χ4v) is 5.42. The number of hydrogen-bond donors (Lipinski definition) is 2. The largest absolute Gasteiger partial charge is 0.405 e. The van der Waals surface area contributed by atoms with Gasteiger partial charge < -0.3 is 10.2 Å². The van der Waals surface area contributed by atoms with E-state index in [0.29, 0.717) is 18.0 Å². The zero-order chi connectivity index (χ0) is 21.3. The van der Waals surface area contributed by atoms with E-state index in [1.807, 2.05) is 25.2 Å². The Kier molecular flexibility index (Phi) is 6.78. The number of piperazine rings is 1. The van der Waals surface area contributed by atoms with E-state index in [0.717, 1.165) is 27.2 Å². The molecule has 6 nitrogen and oxygen atoms in total. The first-order chi connectivity index (χ1) is 12.8. The quantitative estimate of drug-likeness (QED) is 0.726. The smallest absolute Gasteiger partial charge is 0.342 e. The Morgan fingerprint density at radius 2 is 1.61 bits per heavy atom. The topological polar surface area (TPSA) is 70.9 Å². The van der Waals surface area contributed by atoms with E-state index in [1.54, 1.807) is 13.8 Å². The van der Waals surface area contributed by atoms with Crippen LogP contribution < -0.4 is 10.2 Å². The van der Waals surface area contributed by atoms with Crippen LogP contribution in [0.5, 0.6) is 0 Å². The number of benzene rings is 1. The van der Waals surface area contributed by atoms with Crippen molar-refractivity contribution >= 4 is 15.9 Å². The van der Waals surface area contributed by atoms with Crippen molar-refractivity contribution in [2.24, 2.45) is 0 Å². The minimum atomic E-state index is -4.45. The third-order valence-electron chi connectivity index (χ3n) is 5.22. The first-order valence-corrected chi connectivity index (χ1v) is 10.5. The summed E-state index contributed by atoms with van der Waals surface area (Å²) in [5.41, 5.74) is 3.27. The Balaban J connectivity index is 2.04. The van der Waals surface area contributed by atoms with E-state index in [9.17, 15) is 26.4 Å². The molecule has 10 heteroatoms. The molecule has 0 radical (unpaired) electrons. The van der Waals surface area contributed by atoms with Gasteiger partial charge in [-0.15, -0.1) is 0 Å². The zero-order valence-electron chi connectivity index (χ0n) is 16.5. The van der Waals surface area contributed by atoms with Crippen molar-refractivity contribution in [1.82, 2.24) is 9.62 Å². The molecule has 2 N–H and O–H groups in total. The molecule has 0 bridgehead atoms. The predicted octanol–water partition coefficient (Wildman–Crippen LogP) is 0.488. The van der Waals surface area contributed by atoms with Crippen LogP contribution in [0.25, 0.3) is 0 Å². The number of sulfonamides is 1. The van der Waals surface area contributed by atoms with Crippen LogP contribution in [0.3, 0.4) is 0 Å². The molecule has 1 aromatic carbocycles. The summed E-state index contributed by atoms with van der Waals surface area (Å²) in [7, 11) is -3.68. The average Bonchev–Trinajstić information content (AvgIpc) is 2.58. The van der Waals surface area contributed by atoms with Gasteiger partial charge in [0.2, 0.25) is 10.0 Å². The Morgan fingerprint density at radius 1 is 1.11 bits per heavy atom. The summed E-state index contributed by atoms with van der Waals surface area (Å²) in [5.74, 6) is -0.690. The summed E-state index contributed by atoms with van der Waals surface area (Å²) < 4.78 is 64.3. The molecule has 158 valence electrons. The van der Waals surface area contributed by atoms with Crippen molar-refractivity contribution in [2.45, 2.75) is 38.8 Å². The van der Waals surface area contributed by atoms with Crippen LogP contribution in [-0.2, 0) is 14.8 Å². The maximum atomic E-state index is 13.2. The van der Waals surface area contributed by atoms with Crippen molar-refractivity contribution in [2.75, 3.05) is 39.3 Å². The fraction of sp³-hybridized carbons (Fsp3) is 0.611. The lowest BCUT2D eigenvalue weighted by Gasteiger charge is -2.32. The summed E-state index contributed by atoms with van der Waals surface area (Å²) in [4.78, 5) is 12.8. The van der Waals surface area contributed by atoms with Crippen molar-refractivity contribution < 1.29 is 31.3 Å². The number of carbonyl (C=O) groups is 1. The highest BCUT2D eigenvalue weighted by atomic mass is 32.2. The van der Waals surface area contributed by atoms with Crippen LogP contribution in [0.15, 0.2) is 11.0 Å². The van der Waals surface area contributed by atoms with Gasteiger partial charge in [-0.25, -0.2) is 8.42 Å². The molecule has 1 saturated heterocycles. The number of nitrogens with zero attached hydrogens (tertiary/aromatic N) is 1. The highest BCUT2D eigenvalue weighted by Gasteiger charge is 2.34. The second-order valence-corrected chi connectivity index (χ2v) is 9.19. The molecule has 0 atom stereocenters. The second kappa shape index (κ2) is 8.38. The Bertz CT molecular complexity index is 820. The van der Waals surface area contributed by atoms with Gasteiger partial charge in [0.25, 0.3) is 5.91 Å². The lowest BCUT2D eigenvalue weighted by atomic mass is 10.0. The lowest BCUT2D eigenvalue weighted by molar-refractivity contribution is -0.895. The van der Waals surface area contributed by atoms with E-state index < -0.39 is 28.7 Å². The Hall–Kier alpha value is -1.65. The van der Waals surface area contributed by atoms with Crippen LogP contribution in [0.1, 0.15) is 22.3 Å². The van der Waals surface area contributed by atoms with Gasteiger partial charge in [0.15, 0.2) is 6.54 Å². The number of aryl methyl sites for hydroxylation is 2. The summed E-state index contributed by atoms with van der Waals surface area (Å²) in [6.07, 6.45) is -4.45. The van der Waals surface area contributed by atoms with Gasteiger partial charge in [-0.05, 0) is 49.9 Å². The van der Waals surface area contributed by atoms with E-state index >= 15 is 0 Å². The molecule has 1 fully saturated rings. The number of carbonyl (C=O) groups excluding carboxylic acids is 1. The molecule has 1 aliphatic heterocycles. The molecule has 0 saturated carbocycles. The molecular weight excluding hydrogens is 395 g/mol. The van der Waals surface area contributed by atoms with E-state index in [2.05, 4.69) is 0 Å². The lowest BCUT2D eigenvalue weighted by Crippen LogP contribution is -3.15. The van der Waals surface area contributed by atoms with Gasteiger partial charge in [0.1, 0.15) is 6.54 Å². The number of hydrogen-bond acceptors (Lipinski definition) is 3. The van der Waals surface area contributed by atoms with Crippen LogP contribution in [-0.4, -0.2) is 64.1 Å². The van der Waals surface area contributed by atoms with Crippen molar-refractivity contribution in [3.8, 4) is 0 Å². The summed E-state index contributed by atoms with van der Waals surface area (Å²) in [5, 5.41) is 1.85. The SMILES string of the molecule is Cc1cc(C)c(C)c(S(=O)(=O)N2CC[NH+](CC(=O)NCC(F)(F)F)CC2)c1C. The summed E-state index contributed by atoms with van der Waals surface area (Å²) in [6, 6.07) is 1.96. The number of quaternary nitrogens is 1. The molecule has 28 heavy (non-hydrogen) atoms. The predicted molar refractivity (Wildman–Crippen MR) is 98.8 cm³/mol. The number of rotatable bonds is 5. The second-order valence-electron chi connectivity index (χ2n) is 7.31. The van der Waals surface area contributed by atoms with Gasteiger partial charge in [0, 0.05) is 0 Å². The Morgan fingerprint density at radius 3 is 2.07 bits per heavy atom. The normalized spacial score (nSPS) is 17.0. The van der Waals surface area contributed by atoms with Crippen LogP contribution in [0.4, 0.5) is 13.2 Å². The molecule has 1 aromatic rings. The summed E-state index contributed by atoms with van der Waals surface area (Å²) in [6.45, 7) is 7.04. The van der Waals surface area contributed by atoms with Crippen LogP contribution >= 0.6 is 0 Å². The van der Waals surface area contributed by atoms with Gasteiger partial charge in [-0.1, -0.05) is 6.07 Å². The standard InChI is InChI=1S/C18H26F3N3O3S/c1-12-9-13(2)15(4)17(14(12)3)28(26,27)24-7-5-23(6-8-24)10-16(25)22-11-18(19,20)21/h9H,5-8,10-11H2,1-4H3,(H,22,25)/p+1. The highest BCUT2D eigenvalue weighted by Crippen LogP contribution is 2.28. The van der Waals surface area contributed by atoms with E-state index in [1.165, 1.54) is 4.31 Å². The number of amides is 1. The number of alkyl halides is 3. The van der Waals surface area contributed by atoms with Gasteiger partial charge in [-0.3, -0.25) is 4.79 Å². The molecule has 1 aliphatic rings. The van der Waals surface area contributed by atoms with Crippen molar-refractivity contribution in [3.63, 3.8) is 0 Å². The number of nitrogens with one attached hydrogen (secondary N) is 2. The summed E-state index contributed by atoms with van der Waals surface area (Å²) >= 11 is 0. The van der Waals surface area contributed by atoms with Crippen molar-refractivity contribution in [3.05, 3.63) is 28.3 Å². The minimum Gasteiger partial charge on any atom is -0.342 e. The molecule has 1 heterocycles. The van der Waals surface area contributed by atoms with Gasteiger partial charge >= 0.3 is 6.18 Å². The van der Waals surface area contributed by atoms with Crippen molar-refractivity contribution in [1.29, 1.82) is 0 Å². The maximum Gasteiger partial charge on any atom is 0.405 e. The molecule has 1 amide bonds.